The van der Waals surface area contributed by atoms with Crippen LogP contribution in [0.25, 0.3) is 26.9 Å². The summed E-state index contributed by atoms with van der Waals surface area (Å²) in [7, 11) is -15.6. The van der Waals surface area contributed by atoms with E-state index in [1.807, 2.05) is 0 Å². The number of Topliss-reactive ketones (excluding diaryl/α,β-unsaturated/α-hetero) is 1. The third-order valence-corrected chi connectivity index (χ3v) is 12.4. The Hall–Kier alpha value is -2.25. The Bertz CT molecular complexity index is 3210. The molecule has 3 N–H and O–H groups in total. The fourth-order valence-corrected chi connectivity index (χ4v) is 9.39. The van der Waals surface area contributed by atoms with Crippen LogP contribution in [0.2, 0.25) is 5.28 Å². The molecule has 0 unspecified atom stereocenters. The van der Waals surface area contributed by atoms with Crippen molar-refractivity contribution in [3.8, 4) is 10.6 Å². The zero-order valence-electron chi connectivity index (χ0n) is 33.2. The first kappa shape index (κ1) is 55.1. The summed E-state index contributed by atoms with van der Waals surface area (Å²) in [6.07, 6.45) is 0.612. The molecule has 0 spiro atoms. The second kappa shape index (κ2) is 21.6. The van der Waals surface area contributed by atoms with Gasteiger partial charge in [-0.2, -0.15) is 20.1 Å². The fraction of sp³-hybridized carbons (Fsp3) is 0.0294. The second-order valence-corrected chi connectivity index (χ2v) is 17.6. The number of para-hydroxylation sites is 1. The number of ketones is 1. The van der Waals surface area contributed by atoms with E-state index in [0.717, 1.165) is 23.5 Å². The molecular formula is C34H19ClN8Na4O12S4. The summed E-state index contributed by atoms with van der Waals surface area (Å²) in [6, 6.07) is 16.0. The Morgan fingerprint density at radius 2 is 1.40 bits per heavy atom. The van der Waals surface area contributed by atoms with Gasteiger partial charge in [-0.05, 0) is 84.3 Å². The molecule has 0 aliphatic heterocycles. The molecule has 6 aromatic rings. The molecule has 7 rings (SSSR count). The van der Waals surface area contributed by atoms with Gasteiger partial charge in [-0.15, -0.1) is 11.3 Å². The zero-order chi connectivity index (χ0) is 42.6. The number of anilines is 5. The molecule has 29 heteroatoms. The minimum atomic E-state index is -5.53. The summed E-state index contributed by atoms with van der Waals surface area (Å²) in [4.78, 5) is 39.6. The van der Waals surface area contributed by atoms with Crippen LogP contribution in [0.5, 0.6) is 0 Å². The molecule has 2 aromatic heterocycles. The number of thiazole rings is 1. The minimum Gasteiger partial charge on any atom is -0.744 e. The number of fused-ring (bicyclic) bond motifs is 2. The SMILES string of the molecule is Cc1ccc2nc(-c3ccc(Nc4nc(Cl)nc(Nc5cc(S(=O)(=O)[O-])cc6c5C(=O)/C(=N\Nc5ccccc5C(=O)[O-])C(S(=O)(=O)[O-])=C6)n4)cc3)sc2c1S(=O)(=O)[O-].[Na+].[Na+].[Na+].[Na+]. The van der Waals surface area contributed by atoms with Crippen molar-refractivity contribution in [2.45, 2.75) is 16.7 Å². The molecule has 1 aliphatic rings. The standard InChI is InChI=1S/C34H23ClN8O12S4.4Na/c1-15-6-11-22-28(29(15)59(53,54)55)56-30(37-22)16-7-9-18(10-8-16)36-33-39-32(35)40-34(41-33)38-23-14-19(57(47,48)49)12-17-13-24(58(50,51)52)26(27(44)25(17)23)43-42-21-5-3-2-4-20(21)31(45)46;;;;/h2-14,42H,1H3,(H,45,46)(H,47,48,49)(H,50,51,52)(H,53,54,55)(H2,36,38,39,40,41);;;;/q;4*+1/p-4/b43-26-;;;;. The van der Waals surface area contributed by atoms with Crippen LogP contribution in [0.1, 0.15) is 31.8 Å². The molecule has 0 radical (unpaired) electrons. The van der Waals surface area contributed by atoms with Crippen LogP contribution in [-0.2, 0) is 30.4 Å². The number of halogens is 1. The summed E-state index contributed by atoms with van der Waals surface area (Å²) in [5.74, 6) is -3.58. The zero-order valence-corrected chi connectivity index (χ0v) is 45.2. The quantitative estimate of drug-likeness (QED) is 0.0617. The average Bonchev–Trinajstić information content (AvgIpc) is 3.57. The van der Waals surface area contributed by atoms with Crippen LogP contribution in [0.4, 0.5) is 29.0 Å². The first-order chi connectivity index (χ1) is 27.7. The van der Waals surface area contributed by atoms with Gasteiger partial charge in [0.15, 0.2) is 0 Å². The molecule has 0 saturated heterocycles. The van der Waals surface area contributed by atoms with Crippen molar-refractivity contribution >= 4 is 116 Å². The maximum Gasteiger partial charge on any atom is 1.00 e. The summed E-state index contributed by atoms with van der Waals surface area (Å²) < 4.78 is 110. The second-order valence-electron chi connectivity index (χ2n) is 12.2. The first-order valence-corrected chi connectivity index (χ1v) is 21.5. The largest absolute Gasteiger partial charge is 1.00 e. The summed E-state index contributed by atoms with van der Waals surface area (Å²) in [5, 5.41) is 20.7. The number of carbonyl (C=O) groups is 2. The Morgan fingerprint density at radius 3 is 2.00 bits per heavy atom. The van der Waals surface area contributed by atoms with Gasteiger partial charge in [-0.1, -0.05) is 24.3 Å². The summed E-state index contributed by atoms with van der Waals surface area (Å²) in [6.45, 7) is 1.51. The number of carboxylic acid groups (broad SMARTS) is 1. The van der Waals surface area contributed by atoms with E-state index in [0.29, 0.717) is 33.9 Å². The molecule has 20 nitrogen and oxygen atoms in total. The van der Waals surface area contributed by atoms with Crippen molar-refractivity contribution < 1.29 is 172 Å². The van der Waals surface area contributed by atoms with Crippen LogP contribution in [0.15, 0.2) is 92.6 Å². The van der Waals surface area contributed by atoms with E-state index < -0.39 is 91.2 Å². The topological polar surface area (TPSA) is 329 Å². The van der Waals surface area contributed by atoms with Gasteiger partial charge in [-0.3, -0.25) is 10.2 Å². The minimum absolute atomic E-state index is 0. The average molecular weight is 987 g/mol. The smallest absolute Gasteiger partial charge is 0.744 e. The number of hydrogen-bond donors (Lipinski definition) is 3. The van der Waals surface area contributed by atoms with Gasteiger partial charge in [0.2, 0.25) is 23.0 Å². The number of nitrogens with zero attached hydrogens (tertiary/aromatic N) is 5. The number of nitrogens with one attached hydrogen (secondary N) is 3. The van der Waals surface area contributed by atoms with Gasteiger partial charge >= 0.3 is 118 Å². The van der Waals surface area contributed by atoms with Crippen LogP contribution in [0, 0.1) is 6.92 Å². The molecule has 0 fully saturated rings. The number of aromatic nitrogens is 4. The summed E-state index contributed by atoms with van der Waals surface area (Å²) >= 11 is 7.19. The number of carboxylic acids is 1. The molecule has 63 heavy (non-hydrogen) atoms. The van der Waals surface area contributed by atoms with Crippen LogP contribution < -0.4 is 139 Å². The number of hydrazone groups is 1. The van der Waals surface area contributed by atoms with Crippen LogP contribution >= 0.6 is 22.9 Å². The molecule has 0 atom stereocenters. The Balaban J connectivity index is 0.00000264. The number of carbonyl (C=O) groups excluding carboxylic acids is 2. The monoisotopic (exact) mass is 986 g/mol. The van der Waals surface area contributed by atoms with Gasteiger partial charge in [0.1, 0.15) is 41.1 Å². The number of aromatic carboxylic acids is 1. The van der Waals surface area contributed by atoms with Crippen molar-refractivity contribution in [2.75, 3.05) is 16.1 Å². The van der Waals surface area contributed by atoms with Crippen molar-refractivity contribution in [3.63, 3.8) is 0 Å². The Kier molecular flexibility index (Phi) is 18.9. The summed E-state index contributed by atoms with van der Waals surface area (Å²) in [5.41, 5.74) is 0.559. The van der Waals surface area contributed by atoms with Crippen molar-refractivity contribution in [1.29, 1.82) is 0 Å². The molecule has 4 aromatic carbocycles. The third-order valence-electron chi connectivity index (χ3n) is 8.30. The molecule has 0 saturated carbocycles. The van der Waals surface area contributed by atoms with Crippen LogP contribution in [0.3, 0.4) is 0 Å². The molecule has 0 bridgehead atoms. The number of allylic oxidation sites excluding steroid dienone is 1. The predicted octanol–water partition coefficient (Wildman–Crippen LogP) is -8.66. The van der Waals surface area contributed by atoms with Gasteiger partial charge in [0.05, 0.1) is 47.8 Å². The van der Waals surface area contributed by atoms with Gasteiger partial charge < -0.3 is 34.2 Å². The maximum absolute atomic E-state index is 14.0. The van der Waals surface area contributed by atoms with Gasteiger partial charge in [0, 0.05) is 16.8 Å². The van der Waals surface area contributed by atoms with Crippen molar-refractivity contribution in [2.24, 2.45) is 5.10 Å². The molecule has 1 aliphatic carbocycles. The molecule has 302 valence electrons. The Labute approximate surface area is 455 Å². The number of rotatable bonds is 11. The van der Waals surface area contributed by atoms with Gasteiger partial charge in [0.25, 0.3) is 0 Å². The van der Waals surface area contributed by atoms with E-state index in [9.17, 15) is 53.6 Å². The van der Waals surface area contributed by atoms with Crippen LogP contribution in [-0.4, -0.2) is 76.3 Å². The Morgan fingerprint density at radius 1 is 0.762 bits per heavy atom. The van der Waals surface area contributed by atoms with E-state index in [4.69, 9.17) is 11.6 Å². The van der Waals surface area contributed by atoms with E-state index in [1.165, 1.54) is 31.2 Å². The number of benzene rings is 4. The van der Waals surface area contributed by atoms with E-state index in [1.54, 1.807) is 30.3 Å². The normalized spacial score (nSPS) is 13.0. The number of aryl methyl sites for hydroxylation is 1. The molecule has 2 heterocycles. The van der Waals surface area contributed by atoms with E-state index in [-0.39, 0.29) is 145 Å². The molecule has 0 amide bonds. The van der Waals surface area contributed by atoms with Gasteiger partial charge in [-0.25, -0.2) is 30.2 Å². The fourth-order valence-electron chi connectivity index (χ4n) is 5.77. The van der Waals surface area contributed by atoms with E-state index >= 15 is 0 Å². The van der Waals surface area contributed by atoms with Crippen molar-refractivity contribution in [1.82, 2.24) is 19.9 Å². The number of hydrogen-bond acceptors (Lipinski definition) is 21. The third kappa shape index (κ3) is 12.4. The first-order valence-electron chi connectivity index (χ1n) is 16.1. The van der Waals surface area contributed by atoms with E-state index in [2.05, 4.69) is 41.1 Å². The van der Waals surface area contributed by atoms with Crippen molar-refractivity contribution in [3.05, 3.63) is 105 Å². The molecular weight excluding hydrogens is 968 g/mol. The maximum atomic E-state index is 14.0. The predicted molar refractivity (Wildman–Crippen MR) is 207 cm³/mol.